The summed E-state index contributed by atoms with van der Waals surface area (Å²) in [6, 6.07) is 8.59. The monoisotopic (exact) mass is 362 g/mol. The van der Waals surface area contributed by atoms with Gasteiger partial charge in [-0.05, 0) is 44.0 Å². The molecule has 2 fully saturated rings. The fourth-order valence-corrected chi connectivity index (χ4v) is 4.08. The highest BCUT2D eigenvalue weighted by atomic mass is 19.1. The van der Waals surface area contributed by atoms with Gasteiger partial charge in [0.2, 0.25) is 0 Å². The van der Waals surface area contributed by atoms with Crippen LogP contribution in [0.1, 0.15) is 31.4 Å². The van der Waals surface area contributed by atoms with Crippen molar-refractivity contribution in [2.45, 2.75) is 38.0 Å². The number of methoxy groups -OCH3 is 1. The molecule has 0 aliphatic carbocycles. The van der Waals surface area contributed by atoms with E-state index in [1.165, 1.54) is 25.1 Å². The van der Waals surface area contributed by atoms with Crippen LogP contribution in [0.4, 0.5) is 10.1 Å². The summed E-state index contributed by atoms with van der Waals surface area (Å²) in [6.07, 6.45) is 3.89. The van der Waals surface area contributed by atoms with Gasteiger partial charge in [-0.3, -0.25) is 4.90 Å². The van der Waals surface area contributed by atoms with Crippen LogP contribution in [0.15, 0.2) is 36.2 Å². The summed E-state index contributed by atoms with van der Waals surface area (Å²) >= 11 is 0. The highest BCUT2D eigenvalue weighted by Crippen LogP contribution is 2.28. The third kappa shape index (κ3) is 4.30. The van der Waals surface area contributed by atoms with E-state index in [0.29, 0.717) is 11.7 Å². The number of nitrogens with zero attached hydrogens (tertiary/aromatic N) is 2. The van der Waals surface area contributed by atoms with Gasteiger partial charge in [0.15, 0.2) is 0 Å². The molecular formula is C20H31FN4O. The minimum absolute atomic E-state index is 0.365. The van der Waals surface area contributed by atoms with Crippen molar-refractivity contribution in [3.63, 3.8) is 0 Å². The molecule has 0 amide bonds. The Morgan fingerprint density at radius 2 is 2.12 bits per heavy atom. The Hall–Kier alpha value is -1.79. The molecule has 144 valence electrons. The van der Waals surface area contributed by atoms with E-state index in [1.54, 1.807) is 20.2 Å². The number of benzene rings is 1. The van der Waals surface area contributed by atoms with Crippen LogP contribution < -0.4 is 16.0 Å². The molecule has 26 heavy (non-hydrogen) atoms. The van der Waals surface area contributed by atoms with Gasteiger partial charge < -0.3 is 20.7 Å². The summed E-state index contributed by atoms with van der Waals surface area (Å²) < 4.78 is 19.1. The number of rotatable bonds is 7. The average Bonchev–Trinajstić information content (AvgIpc) is 3.13. The summed E-state index contributed by atoms with van der Waals surface area (Å²) in [5, 5.41) is 3.02. The van der Waals surface area contributed by atoms with E-state index in [1.807, 2.05) is 12.1 Å². The smallest absolute Gasteiger partial charge is 0.112 e. The predicted octanol–water partition coefficient (Wildman–Crippen LogP) is 2.41. The first-order chi connectivity index (χ1) is 12.6. The van der Waals surface area contributed by atoms with Gasteiger partial charge in [-0.25, -0.2) is 4.39 Å². The molecule has 0 spiro atoms. The number of halogens is 1. The van der Waals surface area contributed by atoms with Crippen molar-refractivity contribution in [3.05, 3.63) is 41.7 Å². The Kier molecular flexibility index (Phi) is 6.38. The number of nitrogens with two attached hydrogens (primary N) is 1. The molecule has 1 aromatic carbocycles. The number of alkyl halides is 1. The summed E-state index contributed by atoms with van der Waals surface area (Å²) in [7, 11) is 1.61. The van der Waals surface area contributed by atoms with Crippen LogP contribution in [-0.2, 0) is 4.74 Å². The van der Waals surface area contributed by atoms with Crippen molar-refractivity contribution in [1.82, 2.24) is 10.2 Å². The molecule has 0 bridgehead atoms. The zero-order chi connectivity index (χ0) is 18.5. The van der Waals surface area contributed by atoms with Gasteiger partial charge in [0.05, 0.1) is 6.04 Å². The van der Waals surface area contributed by atoms with Crippen molar-refractivity contribution in [2.75, 3.05) is 44.9 Å². The van der Waals surface area contributed by atoms with E-state index in [-0.39, 0.29) is 6.10 Å². The second-order valence-electron chi connectivity index (χ2n) is 7.34. The Morgan fingerprint density at radius 1 is 1.35 bits per heavy atom. The van der Waals surface area contributed by atoms with Crippen LogP contribution in [0.25, 0.3) is 0 Å². The number of hydrogen-bond acceptors (Lipinski definition) is 5. The number of ether oxygens (including phenoxy) is 1. The van der Waals surface area contributed by atoms with Crippen LogP contribution in [0.2, 0.25) is 0 Å². The van der Waals surface area contributed by atoms with Crippen LogP contribution in [-0.4, -0.2) is 56.9 Å². The molecule has 0 aromatic heterocycles. The van der Waals surface area contributed by atoms with Gasteiger partial charge in [0.1, 0.15) is 12.8 Å². The second kappa shape index (κ2) is 8.73. The molecule has 3 atom stereocenters. The first kappa shape index (κ1) is 19.0. The van der Waals surface area contributed by atoms with E-state index in [4.69, 9.17) is 10.5 Å². The van der Waals surface area contributed by atoms with Crippen molar-refractivity contribution in [3.8, 4) is 0 Å². The van der Waals surface area contributed by atoms with Gasteiger partial charge in [-0.1, -0.05) is 12.1 Å². The molecule has 2 saturated heterocycles. The lowest BCUT2D eigenvalue weighted by Crippen LogP contribution is -2.50. The maximum Gasteiger partial charge on any atom is 0.112 e. The van der Waals surface area contributed by atoms with Crippen molar-refractivity contribution in [2.24, 2.45) is 5.73 Å². The first-order valence-electron chi connectivity index (χ1n) is 9.48. The third-order valence-corrected chi connectivity index (χ3v) is 5.48. The molecule has 2 heterocycles. The predicted molar refractivity (Wildman–Crippen MR) is 104 cm³/mol. The minimum atomic E-state index is -0.534. The van der Waals surface area contributed by atoms with E-state index >= 15 is 0 Å². The number of fused-ring (bicyclic) bond motifs is 1. The van der Waals surface area contributed by atoms with Gasteiger partial charge in [0, 0.05) is 50.4 Å². The summed E-state index contributed by atoms with van der Waals surface area (Å²) in [5.41, 5.74) is 8.45. The number of anilines is 1. The summed E-state index contributed by atoms with van der Waals surface area (Å²) in [6.45, 7) is 5.80. The normalized spacial score (nSPS) is 23.6. The molecule has 3 rings (SSSR count). The van der Waals surface area contributed by atoms with Gasteiger partial charge in [-0.2, -0.15) is 0 Å². The van der Waals surface area contributed by atoms with Gasteiger partial charge in [-0.15, -0.1) is 0 Å². The zero-order valence-electron chi connectivity index (χ0n) is 15.8. The molecule has 0 unspecified atom stereocenters. The fraction of sp³-hybridized carbons (Fsp3) is 0.600. The average molecular weight is 362 g/mol. The summed E-state index contributed by atoms with van der Waals surface area (Å²) in [4.78, 5) is 5.07. The van der Waals surface area contributed by atoms with Crippen LogP contribution in [0.3, 0.4) is 0 Å². The highest BCUT2D eigenvalue weighted by Gasteiger charge is 2.30. The largest absolute Gasteiger partial charge is 0.401 e. The maximum absolute atomic E-state index is 13.5. The lowest BCUT2D eigenvalue weighted by Gasteiger charge is -2.39. The second-order valence-corrected chi connectivity index (χ2v) is 7.34. The molecule has 2 aliphatic rings. The molecular weight excluding hydrogens is 331 g/mol. The maximum atomic E-state index is 13.5. The standard InChI is InChI=1S/C20H31FN4O/c1-15(22)13-23-19(12-21)20(26-2)16-5-7-17(8-6-16)25-11-10-24-9-3-4-18(24)14-25/h5-8,13,18-20,23H,3-4,9-12,14,22H2,1-2H3/b15-13-/t18-,19-,20-/m1/s1. The summed E-state index contributed by atoms with van der Waals surface area (Å²) in [5.74, 6) is 0. The molecule has 0 saturated carbocycles. The van der Waals surface area contributed by atoms with E-state index < -0.39 is 12.7 Å². The zero-order valence-corrected chi connectivity index (χ0v) is 15.8. The fourth-order valence-electron chi connectivity index (χ4n) is 4.08. The van der Waals surface area contributed by atoms with Crippen molar-refractivity contribution < 1.29 is 9.13 Å². The molecule has 2 aliphatic heterocycles. The molecule has 1 aromatic rings. The van der Waals surface area contributed by atoms with Crippen molar-refractivity contribution >= 4 is 5.69 Å². The molecule has 0 radical (unpaired) electrons. The lowest BCUT2D eigenvalue weighted by molar-refractivity contribution is 0.0634. The number of allylic oxidation sites excluding steroid dienone is 1. The Morgan fingerprint density at radius 3 is 2.77 bits per heavy atom. The number of piperazine rings is 1. The lowest BCUT2D eigenvalue weighted by atomic mass is 10.0. The SMILES string of the molecule is CO[C@H](c1ccc(N2CCN3CCC[C@@H]3C2)cc1)[C@@H](CF)N/C=C(/C)N. The van der Waals surface area contributed by atoms with Crippen molar-refractivity contribution in [1.29, 1.82) is 0 Å². The number of hydrogen-bond donors (Lipinski definition) is 2. The quantitative estimate of drug-likeness (QED) is 0.780. The molecule has 3 N–H and O–H groups in total. The third-order valence-electron chi connectivity index (χ3n) is 5.48. The van der Waals surface area contributed by atoms with E-state index in [2.05, 4.69) is 27.2 Å². The number of nitrogens with one attached hydrogen (secondary N) is 1. The van der Waals surface area contributed by atoms with Crippen LogP contribution in [0.5, 0.6) is 0 Å². The topological polar surface area (TPSA) is 53.8 Å². The van der Waals surface area contributed by atoms with E-state index in [0.717, 1.165) is 25.2 Å². The van der Waals surface area contributed by atoms with Crippen LogP contribution >= 0.6 is 0 Å². The van der Waals surface area contributed by atoms with Gasteiger partial charge in [0.25, 0.3) is 0 Å². The Labute approximate surface area is 156 Å². The van der Waals surface area contributed by atoms with E-state index in [9.17, 15) is 4.39 Å². The Balaban J connectivity index is 1.68. The highest BCUT2D eigenvalue weighted by molar-refractivity contribution is 5.49. The Bertz CT molecular complexity index is 602. The van der Waals surface area contributed by atoms with Crippen LogP contribution in [0, 0.1) is 0 Å². The molecule has 6 heteroatoms. The minimum Gasteiger partial charge on any atom is -0.401 e. The first-order valence-corrected chi connectivity index (χ1v) is 9.48. The molecule has 5 nitrogen and oxygen atoms in total. The van der Waals surface area contributed by atoms with Gasteiger partial charge >= 0.3 is 0 Å².